The highest BCUT2D eigenvalue weighted by Crippen LogP contribution is 2.27. The molecule has 0 bridgehead atoms. The van der Waals surface area contributed by atoms with Crippen LogP contribution in [0.3, 0.4) is 0 Å². The number of methoxy groups -OCH3 is 1. The molecule has 8 nitrogen and oxygen atoms in total. The monoisotopic (exact) mass is 334 g/mol. The number of carbonyl (C=O) groups excluding carboxylic acids is 3. The van der Waals surface area contributed by atoms with Gasteiger partial charge in [-0.3, -0.25) is 14.9 Å². The second kappa shape index (κ2) is 7.87. The number of carbonyl (C=O) groups is 3. The fourth-order valence-corrected chi connectivity index (χ4v) is 2.82. The maximum Gasteiger partial charge on any atom is 0.356 e. The average Bonchev–Trinajstić information content (AvgIpc) is 2.60. The summed E-state index contributed by atoms with van der Waals surface area (Å²) >= 11 is 0. The number of aromatic nitrogens is 1. The summed E-state index contributed by atoms with van der Waals surface area (Å²) in [7, 11) is 1.26. The second-order valence-corrected chi connectivity index (χ2v) is 5.81. The van der Waals surface area contributed by atoms with Gasteiger partial charge in [0.25, 0.3) is 0 Å². The van der Waals surface area contributed by atoms with Gasteiger partial charge in [-0.25, -0.2) is 9.78 Å². The minimum absolute atomic E-state index is 0.0624. The Morgan fingerprint density at radius 3 is 2.58 bits per heavy atom. The van der Waals surface area contributed by atoms with E-state index in [0.29, 0.717) is 12.8 Å². The summed E-state index contributed by atoms with van der Waals surface area (Å²) in [5.74, 6) is -1.14. The molecule has 1 aromatic rings. The van der Waals surface area contributed by atoms with Crippen molar-refractivity contribution in [2.24, 2.45) is 5.73 Å². The lowest BCUT2D eigenvalue weighted by molar-refractivity contribution is -0.126. The highest BCUT2D eigenvalue weighted by molar-refractivity contribution is 5.93. The molecule has 1 heterocycles. The molecule has 0 saturated heterocycles. The molecule has 1 aliphatic carbocycles. The Hall–Kier alpha value is -2.48. The first-order valence-corrected chi connectivity index (χ1v) is 7.87. The third kappa shape index (κ3) is 4.29. The summed E-state index contributed by atoms with van der Waals surface area (Å²) < 4.78 is 4.58. The maximum atomic E-state index is 12.1. The number of rotatable bonds is 6. The van der Waals surface area contributed by atoms with Crippen molar-refractivity contribution in [1.82, 2.24) is 10.3 Å². The van der Waals surface area contributed by atoms with E-state index >= 15 is 0 Å². The van der Waals surface area contributed by atoms with Crippen LogP contribution in [-0.2, 0) is 14.3 Å². The Bertz CT molecular complexity index is 626. The number of esters is 1. The number of amides is 2. The molecule has 2 rings (SSSR count). The van der Waals surface area contributed by atoms with Crippen LogP contribution in [0.4, 0.5) is 5.82 Å². The van der Waals surface area contributed by atoms with Crippen LogP contribution in [0.5, 0.6) is 0 Å². The number of nitrogens with zero attached hydrogens (tertiary/aromatic N) is 1. The number of nitrogens with two attached hydrogens (primary N) is 1. The van der Waals surface area contributed by atoms with Crippen LogP contribution in [0.25, 0.3) is 0 Å². The van der Waals surface area contributed by atoms with Crippen LogP contribution < -0.4 is 16.4 Å². The van der Waals surface area contributed by atoms with Crippen LogP contribution in [0, 0.1) is 0 Å². The van der Waals surface area contributed by atoms with Gasteiger partial charge in [-0.05, 0) is 25.0 Å². The minimum Gasteiger partial charge on any atom is -0.464 e. The molecular weight excluding hydrogens is 312 g/mol. The smallest absolute Gasteiger partial charge is 0.356 e. The Kier molecular flexibility index (Phi) is 5.86. The third-order valence-electron chi connectivity index (χ3n) is 4.18. The maximum absolute atomic E-state index is 12.1. The summed E-state index contributed by atoms with van der Waals surface area (Å²) in [6.07, 6.45) is 4.13. The van der Waals surface area contributed by atoms with Gasteiger partial charge in [0.05, 0.1) is 19.2 Å². The standard InChI is InChI=1S/C16H22N4O4/c1-24-14(22)11-6-5-7-12(19-11)20-13(21)10-18-16(15(17)23)8-3-2-4-9-16/h5-7,18H,2-4,8-10H2,1H3,(H2,17,23)(H,19,20,21). The van der Waals surface area contributed by atoms with E-state index in [-0.39, 0.29) is 24.0 Å². The van der Waals surface area contributed by atoms with E-state index in [1.165, 1.54) is 13.2 Å². The highest BCUT2D eigenvalue weighted by Gasteiger charge is 2.37. The Balaban J connectivity index is 1.95. The fourth-order valence-electron chi connectivity index (χ4n) is 2.82. The van der Waals surface area contributed by atoms with E-state index in [1.807, 2.05) is 0 Å². The lowest BCUT2D eigenvalue weighted by Crippen LogP contribution is -2.58. The van der Waals surface area contributed by atoms with Crippen molar-refractivity contribution < 1.29 is 19.1 Å². The van der Waals surface area contributed by atoms with Gasteiger partial charge in [0, 0.05) is 0 Å². The topological polar surface area (TPSA) is 123 Å². The molecule has 0 aromatic carbocycles. The van der Waals surface area contributed by atoms with E-state index in [9.17, 15) is 14.4 Å². The fraction of sp³-hybridized carbons (Fsp3) is 0.500. The molecular formula is C16H22N4O4. The highest BCUT2D eigenvalue weighted by atomic mass is 16.5. The molecule has 1 saturated carbocycles. The number of hydrogen-bond acceptors (Lipinski definition) is 6. The predicted molar refractivity (Wildman–Crippen MR) is 87.2 cm³/mol. The predicted octanol–water partition coefficient (Wildman–Crippen LogP) is 0.584. The lowest BCUT2D eigenvalue weighted by atomic mass is 9.81. The molecule has 0 atom stereocenters. The summed E-state index contributed by atoms with van der Waals surface area (Å²) in [4.78, 5) is 39.3. The van der Waals surface area contributed by atoms with Crippen molar-refractivity contribution in [3.05, 3.63) is 23.9 Å². The van der Waals surface area contributed by atoms with Crippen LogP contribution in [0.2, 0.25) is 0 Å². The Morgan fingerprint density at radius 1 is 1.25 bits per heavy atom. The quantitative estimate of drug-likeness (QED) is 0.654. The molecule has 8 heteroatoms. The van der Waals surface area contributed by atoms with Gasteiger partial charge in [0.15, 0.2) is 5.69 Å². The van der Waals surface area contributed by atoms with Crippen molar-refractivity contribution in [1.29, 1.82) is 0 Å². The molecule has 2 amide bonds. The van der Waals surface area contributed by atoms with Crippen molar-refractivity contribution in [3.63, 3.8) is 0 Å². The van der Waals surface area contributed by atoms with Gasteiger partial charge in [0.1, 0.15) is 5.82 Å². The zero-order valence-electron chi connectivity index (χ0n) is 13.6. The van der Waals surface area contributed by atoms with E-state index in [1.54, 1.807) is 12.1 Å². The van der Waals surface area contributed by atoms with E-state index in [0.717, 1.165) is 19.3 Å². The first-order valence-electron chi connectivity index (χ1n) is 7.87. The number of primary amides is 1. The summed E-state index contributed by atoms with van der Waals surface area (Å²) in [6, 6.07) is 4.65. The Morgan fingerprint density at radius 2 is 1.96 bits per heavy atom. The summed E-state index contributed by atoms with van der Waals surface area (Å²) in [6.45, 7) is -0.0624. The third-order valence-corrected chi connectivity index (χ3v) is 4.18. The number of nitrogens with one attached hydrogen (secondary N) is 2. The number of anilines is 1. The van der Waals surface area contributed by atoms with Crippen LogP contribution >= 0.6 is 0 Å². The molecule has 1 fully saturated rings. The first kappa shape index (κ1) is 17.9. The van der Waals surface area contributed by atoms with E-state index in [4.69, 9.17) is 5.73 Å². The van der Waals surface area contributed by atoms with Crippen molar-refractivity contribution in [3.8, 4) is 0 Å². The minimum atomic E-state index is -0.823. The van der Waals surface area contributed by atoms with E-state index < -0.39 is 17.4 Å². The normalized spacial score (nSPS) is 16.2. The molecule has 0 spiro atoms. The van der Waals surface area contributed by atoms with Crippen LogP contribution in [0.1, 0.15) is 42.6 Å². The number of pyridine rings is 1. The molecule has 0 radical (unpaired) electrons. The second-order valence-electron chi connectivity index (χ2n) is 5.81. The van der Waals surface area contributed by atoms with E-state index in [2.05, 4.69) is 20.4 Å². The summed E-state index contributed by atoms with van der Waals surface area (Å²) in [5, 5.41) is 5.58. The molecule has 4 N–H and O–H groups in total. The van der Waals surface area contributed by atoms with Crippen LogP contribution in [-0.4, -0.2) is 42.0 Å². The molecule has 24 heavy (non-hydrogen) atoms. The van der Waals surface area contributed by atoms with Gasteiger partial charge in [0.2, 0.25) is 11.8 Å². The SMILES string of the molecule is COC(=O)c1cccc(NC(=O)CNC2(C(N)=O)CCCCC2)n1. The van der Waals surface area contributed by atoms with Crippen molar-refractivity contribution in [2.75, 3.05) is 19.0 Å². The number of ether oxygens (including phenoxy) is 1. The van der Waals surface area contributed by atoms with Gasteiger partial charge in [-0.15, -0.1) is 0 Å². The molecule has 1 aliphatic rings. The zero-order chi connectivity index (χ0) is 17.6. The van der Waals surface area contributed by atoms with Gasteiger partial charge in [-0.1, -0.05) is 25.3 Å². The van der Waals surface area contributed by atoms with Crippen molar-refractivity contribution >= 4 is 23.6 Å². The largest absolute Gasteiger partial charge is 0.464 e. The molecule has 130 valence electrons. The summed E-state index contributed by atoms with van der Waals surface area (Å²) in [5.41, 5.74) is 4.79. The Labute approximate surface area is 140 Å². The number of hydrogen-bond donors (Lipinski definition) is 3. The first-order chi connectivity index (χ1) is 11.5. The average molecular weight is 334 g/mol. The molecule has 1 aromatic heterocycles. The molecule has 0 unspecified atom stereocenters. The van der Waals surface area contributed by atoms with Crippen LogP contribution in [0.15, 0.2) is 18.2 Å². The zero-order valence-corrected chi connectivity index (χ0v) is 13.6. The van der Waals surface area contributed by atoms with Gasteiger partial charge >= 0.3 is 5.97 Å². The van der Waals surface area contributed by atoms with Gasteiger partial charge in [-0.2, -0.15) is 0 Å². The lowest BCUT2D eigenvalue weighted by Gasteiger charge is -2.35. The molecule has 0 aliphatic heterocycles. The van der Waals surface area contributed by atoms with Crippen molar-refractivity contribution in [2.45, 2.75) is 37.6 Å². The van der Waals surface area contributed by atoms with Gasteiger partial charge < -0.3 is 15.8 Å².